The number of anilines is 1. The van der Waals surface area contributed by atoms with Gasteiger partial charge in [-0.3, -0.25) is 0 Å². The molecule has 0 radical (unpaired) electrons. The minimum atomic E-state index is -0.479. The number of amides is 1. The molecule has 1 aliphatic rings. The van der Waals surface area contributed by atoms with Gasteiger partial charge in [0.15, 0.2) is 5.65 Å². The molecule has 1 fully saturated rings. The van der Waals surface area contributed by atoms with Gasteiger partial charge in [-0.1, -0.05) is 0 Å². The highest BCUT2D eigenvalue weighted by Gasteiger charge is 2.27. The number of imidazole rings is 1. The van der Waals surface area contributed by atoms with Gasteiger partial charge in [0.25, 0.3) is 0 Å². The lowest BCUT2D eigenvalue weighted by Crippen LogP contribution is -2.40. The van der Waals surface area contributed by atoms with Crippen LogP contribution in [0, 0.1) is 0 Å². The Morgan fingerprint density at radius 1 is 1.50 bits per heavy atom. The van der Waals surface area contributed by atoms with E-state index in [9.17, 15) is 4.79 Å². The Balaban J connectivity index is 1.61. The van der Waals surface area contributed by atoms with Gasteiger partial charge in [-0.25, -0.2) is 9.78 Å². The number of hydrogen-bond acceptors (Lipinski definition) is 5. The average Bonchev–Trinajstić information content (AvgIpc) is 3.01. The molecule has 22 heavy (non-hydrogen) atoms. The summed E-state index contributed by atoms with van der Waals surface area (Å²) in [6, 6.07) is 3.89. The summed E-state index contributed by atoms with van der Waals surface area (Å²) in [5.74, 6) is 0.794. The summed E-state index contributed by atoms with van der Waals surface area (Å²) in [5, 5.41) is 2.91. The fourth-order valence-electron chi connectivity index (χ4n) is 2.53. The first-order valence-corrected chi connectivity index (χ1v) is 7.46. The van der Waals surface area contributed by atoms with Crippen molar-refractivity contribution < 1.29 is 9.53 Å². The summed E-state index contributed by atoms with van der Waals surface area (Å²) in [6.45, 7) is 7.11. The highest BCUT2D eigenvalue weighted by atomic mass is 16.6. The van der Waals surface area contributed by atoms with Gasteiger partial charge in [-0.2, -0.15) is 4.98 Å². The molecule has 2 N–H and O–H groups in total. The molecule has 0 unspecified atom stereocenters. The van der Waals surface area contributed by atoms with E-state index in [-0.39, 0.29) is 12.1 Å². The third-order valence-corrected chi connectivity index (χ3v) is 3.45. The van der Waals surface area contributed by atoms with Crippen molar-refractivity contribution in [2.75, 3.05) is 18.0 Å². The van der Waals surface area contributed by atoms with Crippen LogP contribution in [0.25, 0.3) is 11.2 Å². The first-order valence-electron chi connectivity index (χ1n) is 7.46. The third-order valence-electron chi connectivity index (χ3n) is 3.45. The topological polar surface area (TPSA) is 83.1 Å². The Morgan fingerprint density at radius 3 is 3.05 bits per heavy atom. The van der Waals surface area contributed by atoms with Crippen molar-refractivity contribution in [1.29, 1.82) is 0 Å². The molecule has 3 heterocycles. The molecule has 1 atom stereocenters. The van der Waals surface area contributed by atoms with Crippen LogP contribution in [0.3, 0.4) is 0 Å². The first-order chi connectivity index (χ1) is 10.4. The van der Waals surface area contributed by atoms with Crippen LogP contribution >= 0.6 is 0 Å². The van der Waals surface area contributed by atoms with Crippen LogP contribution in [-0.4, -0.2) is 45.8 Å². The van der Waals surface area contributed by atoms with E-state index in [0.717, 1.165) is 24.4 Å². The van der Waals surface area contributed by atoms with E-state index in [1.165, 1.54) is 0 Å². The smallest absolute Gasteiger partial charge is 0.407 e. The number of aromatic amines is 1. The molecule has 1 amide bonds. The number of hydrogen-bond donors (Lipinski definition) is 2. The van der Waals surface area contributed by atoms with Crippen molar-refractivity contribution in [1.82, 2.24) is 20.3 Å². The van der Waals surface area contributed by atoms with E-state index >= 15 is 0 Å². The van der Waals surface area contributed by atoms with Gasteiger partial charge in [0.2, 0.25) is 5.95 Å². The number of aromatic nitrogens is 3. The van der Waals surface area contributed by atoms with E-state index in [2.05, 4.69) is 25.2 Å². The maximum Gasteiger partial charge on any atom is 0.407 e. The summed E-state index contributed by atoms with van der Waals surface area (Å²) >= 11 is 0. The van der Waals surface area contributed by atoms with E-state index in [0.29, 0.717) is 12.2 Å². The number of pyridine rings is 1. The molecule has 3 rings (SSSR count). The van der Waals surface area contributed by atoms with Crippen molar-refractivity contribution in [3.63, 3.8) is 0 Å². The Labute approximate surface area is 129 Å². The monoisotopic (exact) mass is 303 g/mol. The molecule has 0 aliphatic carbocycles. The van der Waals surface area contributed by atoms with Gasteiger partial charge < -0.3 is 19.9 Å². The second-order valence-electron chi connectivity index (χ2n) is 6.51. The van der Waals surface area contributed by atoms with Crippen LogP contribution < -0.4 is 10.2 Å². The first kappa shape index (κ1) is 14.6. The summed E-state index contributed by atoms with van der Waals surface area (Å²) in [5.41, 5.74) is 1.15. The second kappa shape index (κ2) is 5.47. The molecule has 2 aromatic rings. The van der Waals surface area contributed by atoms with Crippen molar-refractivity contribution in [3.05, 3.63) is 18.3 Å². The van der Waals surface area contributed by atoms with E-state index in [4.69, 9.17) is 4.74 Å². The maximum absolute atomic E-state index is 11.8. The molecule has 0 saturated carbocycles. The lowest BCUT2D eigenvalue weighted by Gasteiger charge is -2.22. The quantitative estimate of drug-likeness (QED) is 0.887. The number of ether oxygens (including phenoxy) is 1. The minimum Gasteiger partial charge on any atom is -0.444 e. The molecule has 7 nitrogen and oxygen atoms in total. The number of H-pyrrole nitrogens is 1. The molecule has 0 bridgehead atoms. The van der Waals surface area contributed by atoms with Crippen molar-refractivity contribution >= 4 is 23.2 Å². The Morgan fingerprint density at radius 2 is 2.32 bits per heavy atom. The van der Waals surface area contributed by atoms with Crippen LogP contribution in [0.5, 0.6) is 0 Å². The van der Waals surface area contributed by atoms with Crippen molar-refractivity contribution in [2.45, 2.75) is 38.8 Å². The SMILES string of the molecule is CC(C)(C)OC(=O)N[C@H]1CCN(c2nc3ncccc3[nH]2)C1. The van der Waals surface area contributed by atoms with E-state index in [1.54, 1.807) is 6.20 Å². The number of carbonyl (C=O) groups excluding carboxylic acids is 1. The number of nitrogens with one attached hydrogen (secondary N) is 2. The normalized spacial score (nSPS) is 18.7. The van der Waals surface area contributed by atoms with Crippen LogP contribution in [0.2, 0.25) is 0 Å². The van der Waals surface area contributed by atoms with Gasteiger partial charge in [-0.05, 0) is 39.3 Å². The Kier molecular flexibility index (Phi) is 3.64. The zero-order chi connectivity index (χ0) is 15.7. The molecule has 0 aromatic carbocycles. The molecule has 7 heteroatoms. The van der Waals surface area contributed by atoms with E-state index < -0.39 is 5.60 Å². The number of alkyl carbamates (subject to hydrolysis) is 1. The zero-order valence-corrected chi connectivity index (χ0v) is 13.1. The van der Waals surface area contributed by atoms with Gasteiger partial charge in [0, 0.05) is 19.3 Å². The summed E-state index contributed by atoms with van der Waals surface area (Å²) in [6.07, 6.45) is 2.22. The molecular formula is C15H21N5O2. The number of fused-ring (bicyclic) bond motifs is 1. The molecule has 118 valence electrons. The fourth-order valence-corrected chi connectivity index (χ4v) is 2.53. The third kappa shape index (κ3) is 3.29. The number of rotatable bonds is 2. The highest BCUT2D eigenvalue weighted by molar-refractivity contribution is 5.73. The van der Waals surface area contributed by atoms with Gasteiger partial charge in [-0.15, -0.1) is 0 Å². The zero-order valence-electron chi connectivity index (χ0n) is 13.1. The fraction of sp³-hybridized carbons (Fsp3) is 0.533. The molecule has 1 saturated heterocycles. The lowest BCUT2D eigenvalue weighted by atomic mass is 10.2. The number of carbonyl (C=O) groups is 1. The predicted molar refractivity (Wildman–Crippen MR) is 83.9 cm³/mol. The summed E-state index contributed by atoms with van der Waals surface area (Å²) in [4.78, 5) is 25.9. The van der Waals surface area contributed by atoms with E-state index in [1.807, 2.05) is 32.9 Å². The van der Waals surface area contributed by atoms with Crippen LogP contribution in [0.1, 0.15) is 27.2 Å². The standard InChI is InChI=1S/C15H21N5O2/c1-15(2,3)22-14(21)17-10-6-8-20(9-10)13-18-11-5-4-7-16-12(11)19-13/h4-5,7,10H,6,8-9H2,1-3H3,(H,17,21)(H,16,18,19)/t10-/m0/s1. The largest absolute Gasteiger partial charge is 0.444 e. The highest BCUT2D eigenvalue weighted by Crippen LogP contribution is 2.20. The summed E-state index contributed by atoms with van der Waals surface area (Å²) in [7, 11) is 0. The van der Waals surface area contributed by atoms with Crippen LogP contribution in [0.15, 0.2) is 18.3 Å². The van der Waals surface area contributed by atoms with Gasteiger partial charge in [0.05, 0.1) is 11.6 Å². The van der Waals surface area contributed by atoms with Crippen molar-refractivity contribution in [2.24, 2.45) is 0 Å². The molecule has 1 aliphatic heterocycles. The van der Waals surface area contributed by atoms with Crippen LogP contribution in [-0.2, 0) is 4.74 Å². The summed E-state index contributed by atoms with van der Waals surface area (Å²) < 4.78 is 5.29. The number of nitrogens with zero attached hydrogens (tertiary/aromatic N) is 3. The second-order valence-corrected chi connectivity index (χ2v) is 6.51. The lowest BCUT2D eigenvalue weighted by molar-refractivity contribution is 0.0509. The molecule has 2 aromatic heterocycles. The minimum absolute atomic E-state index is 0.0658. The Hall–Kier alpha value is -2.31. The average molecular weight is 303 g/mol. The maximum atomic E-state index is 11.8. The molecular weight excluding hydrogens is 282 g/mol. The van der Waals surface area contributed by atoms with Crippen LogP contribution in [0.4, 0.5) is 10.7 Å². The van der Waals surface area contributed by atoms with Crippen molar-refractivity contribution in [3.8, 4) is 0 Å². The van der Waals surface area contributed by atoms with Gasteiger partial charge >= 0.3 is 6.09 Å². The van der Waals surface area contributed by atoms with Gasteiger partial charge in [0.1, 0.15) is 5.60 Å². The molecule has 0 spiro atoms. The predicted octanol–water partition coefficient (Wildman–Crippen LogP) is 2.06. The Bertz CT molecular complexity index is 643.